The first-order valence-electron chi connectivity index (χ1n) is 10.5. The van der Waals surface area contributed by atoms with Crippen LogP contribution in [0.1, 0.15) is 48.5 Å². The van der Waals surface area contributed by atoms with Gasteiger partial charge in [0.05, 0.1) is 11.3 Å². The molecule has 1 N–H and O–H groups in total. The maximum absolute atomic E-state index is 12.7. The van der Waals surface area contributed by atoms with E-state index in [-0.39, 0.29) is 34.5 Å². The third-order valence-electron chi connectivity index (χ3n) is 6.93. The Labute approximate surface area is 175 Å². The smallest absolute Gasteiger partial charge is 0.351 e. The van der Waals surface area contributed by atoms with E-state index in [1.54, 1.807) is 4.31 Å². The molecular formula is C21H27F3N2O3S. The number of nitrogens with one attached hydrogen (secondary N) is 1. The number of carbonyl (C=O) groups is 1. The topological polar surface area (TPSA) is 66.5 Å². The molecule has 1 amide bonds. The molecule has 166 valence electrons. The van der Waals surface area contributed by atoms with E-state index in [1.807, 2.05) is 6.92 Å². The van der Waals surface area contributed by atoms with Crippen molar-refractivity contribution in [2.24, 2.45) is 23.2 Å². The highest BCUT2D eigenvalue weighted by atomic mass is 32.2. The summed E-state index contributed by atoms with van der Waals surface area (Å²) in [7, 11) is -3.21. The van der Waals surface area contributed by atoms with Crippen molar-refractivity contribution >= 4 is 15.9 Å². The van der Waals surface area contributed by atoms with Crippen molar-refractivity contribution in [3.63, 3.8) is 0 Å². The average molecular weight is 445 g/mol. The number of halogens is 3. The second-order valence-electron chi connectivity index (χ2n) is 8.98. The third kappa shape index (κ3) is 4.10. The van der Waals surface area contributed by atoms with E-state index in [1.165, 1.54) is 25.0 Å². The zero-order valence-electron chi connectivity index (χ0n) is 16.9. The number of piperidine rings is 1. The molecule has 3 fully saturated rings. The summed E-state index contributed by atoms with van der Waals surface area (Å²) < 4.78 is 64.5. The molecule has 2 unspecified atom stereocenters. The molecule has 5 nitrogen and oxygen atoms in total. The highest BCUT2D eigenvalue weighted by molar-refractivity contribution is 7.89. The van der Waals surface area contributed by atoms with Gasteiger partial charge < -0.3 is 5.32 Å². The minimum Gasteiger partial charge on any atom is -0.351 e. The number of benzene rings is 1. The fourth-order valence-corrected chi connectivity index (χ4v) is 6.62. The van der Waals surface area contributed by atoms with E-state index in [0.717, 1.165) is 18.6 Å². The lowest BCUT2D eigenvalue weighted by Gasteiger charge is -2.27. The van der Waals surface area contributed by atoms with Crippen molar-refractivity contribution < 1.29 is 26.4 Å². The van der Waals surface area contributed by atoms with Crippen LogP contribution in [0.2, 0.25) is 0 Å². The molecule has 0 radical (unpaired) electrons. The second-order valence-corrected chi connectivity index (χ2v) is 11.1. The Morgan fingerprint density at radius 1 is 1.17 bits per heavy atom. The number of hydrogen-bond donors (Lipinski definition) is 1. The van der Waals surface area contributed by atoms with Crippen LogP contribution in [0.4, 0.5) is 13.2 Å². The molecule has 0 spiro atoms. The van der Waals surface area contributed by atoms with Gasteiger partial charge in [0.15, 0.2) is 0 Å². The summed E-state index contributed by atoms with van der Waals surface area (Å²) in [6.45, 7) is 3.31. The molecule has 1 heterocycles. The minimum atomic E-state index is -4.43. The van der Waals surface area contributed by atoms with Crippen LogP contribution < -0.4 is 5.32 Å². The van der Waals surface area contributed by atoms with Crippen molar-refractivity contribution in [3.8, 4) is 0 Å². The fourth-order valence-electron chi connectivity index (χ4n) is 5.07. The highest BCUT2D eigenvalue weighted by Gasteiger charge is 2.69. The quantitative estimate of drug-likeness (QED) is 0.667. The van der Waals surface area contributed by atoms with Crippen LogP contribution >= 0.6 is 0 Å². The first-order valence-corrected chi connectivity index (χ1v) is 12.1. The number of nitrogens with zero attached hydrogens (tertiary/aromatic N) is 1. The Morgan fingerprint density at radius 2 is 1.77 bits per heavy atom. The van der Waals surface area contributed by atoms with Gasteiger partial charge >= 0.3 is 6.18 Å². The summed E-state index contributed by atoms with van der Waals surface area (Å²) in [5, 5.41) is 2.91. The van der Waals surface area contributed by atoms with Crippen molar-refractivity contribution in [1.29, 1.82) is 0 Å². The van der Waals surface area contributed by atoms with Crippen molar-refractivity contribution in [2.75, 3.05) is 25.4 Å². The van der Waals surface area contributed by atoms with Gasteiger partial charge in [-0.25, -0.2) is 12.7 Å². The van der Waals surface area contributed by atoms with Crippen LogP contribution in [-0.2, 0) is 16.2 Å². The third-order valence-corrected chi connectivity index (χ3v) is 8.94. The normalized spacial score (nSPS) is 28.9. The standard InChI is InChI=1S/C21H27F3N2O3S/c1-2-9-30(28,29)26-11-17-18(12-26)20(17,10-14-3-4-14)13-25-19(27)15-5-7-16(8-6-15)21(22,23)24/h5-8,14,17-18H,2-4,9-13H2,1H3,(H,25,27). The van der Waals surface area contributed by atoms with Gasteiger partial charge in [-0.2, -0.15) is 13.2 Å². The molecule has 1 aliphatic heterocycles. The first kappa shape index (κ1) is 21.6. The molecule has 30 heavy (non-hydrogen) atoms. The van der Waals surface area contributed by atoms with Crippen LogP contribution in [0.15, 0.2) is 24.3 Å². The van der Waals surface area contributed by atoms with Crippen LogP contribution in [0.5, 0.6) is 0 Å². The number of hydrogen-bond acceptors (Lipinski definition) is 3. The Morgan fingerprint density at radius 3 is 2.27 bits per heavy atom. The second kappa shape index (κ2) is 7.51. The maximum atomic E-state index is 12.7. The fraction of sp³-hybridized carbons (Fsp3) is 0.667. The summed E-state index contributed by atoms with van der Waals surface area (Å²) in [4.78, 5) is 12.5. The van der Waals surface area contributed by atoms with E-state index in [4.69, 9.17) is 0 Å². The lowest BCUT2D eigenvalue weighted by atomic mass is 9.92. The van der Waals surface area contributed by atoms with Gasteiger partial charge in [-0.1, -0.05) is 19.8 Å². The predicted molar refractivity (Wildman–Crippen MR) is 106 cm³/mol. The summed E-state index contributed by atoms with van der Waals surface area (Å²) >= 11 is 0. The van der Waals surface area contributed by atoms with Gasteiger partial charge in [0.1, 0.15) is 0 Å². The van der Waals surface area contributed by atoms with Gasteiger partial charge in [0.25, 0.3) is 5.91 Å². The molecule has 1 aromatic rings. The molecule has 1 aromatic carbocycles. The van der Waals surface area contributed by atoms with Gasteiger partial charge in [0, 0.05) is 25.2 Å². The summed E-state index contributed by atoms with van der Waals surface area (Å²) in [5.41, 5.74) is -0.669. The Kier molecular flexibility index (Phi) is 5.41. The number of fused-ring (bicyclic) bond motifs is 1. The van der Waals surface area contributed by atoms with E-state index < -0.39 is 21.8 Å². The van der Waals surface area contributed by atoms with Crippen LogP contribution in [0, 0.1) is 23.2 Å². The van der Waals surface area contributed by atoms with Crippen molar-refractivity contribution in [2.45, 2.75) is 38.8 Å². The summed E-state index contributed by atoms with van der Waals surface area (Å²) in [6, 6.07) is 4.21. The lowest BCUT2D eigenvalue weighted by molar-refractivity contribution is -0.137. The highest BCUT2D eigenvalue weighted by Crippen LogP contribution is 2.67. The first-order chi connectivity index (χ1) is 14.1. The number of carbonyl (C=O) groups excluding carboxylic acids is 1. The largest absolute Gasteiger partial charge is 0.416 e. The molecule has 2 atom stereocenters. The number of rotatable bonds is 8. The van der Waals surface area contributed by atoms with Crippen LogP contribution in [0.25, 0.3) is 0 Å². The van der Waals surface area contributed by atoms with Crippen molar-refractivity contribution in [1.82, 2.24) is 9.62 Å². The molecule has 4 rings (SSSR count). The van der Waals surface area contributed by atoms with Crippen LogP contribution in [-0.4, -0.2) is 44.0 Å². The van der Waals surface area contributed by atoms with Crippen LogP contribution in [0.3, 0.4) is 0 Å². The number of amides is 1. The SMILES string of the molecule is CCCS(=O)(=O)N1CC2C(C1)C2(CNC(=O)c1ccc(C(F)(F)F)cc1)CC1CC1. The van der Waals surface area contributed by atoms with Gasteiger partial charge in [-0.15, -0.1) is 0 Å². The molecule has 0 aromatic heterocycles. The minimum absolute atomic E-state index is 0.0824. The summed E-state index contributed by atoms with van der Waals surface area (Å²) in [6.07, 6.45) is -0.515. The molecular weight excluding hydrogens is 417 g/mol. The Bertz CT molecular complexity index is 898. The van der Waals surface area contributed by atoms with E-state index in [2.05, 4.69) is 5.32 Å². The molecule has 2 aliphatic carbocycles. The predicted octanol–water partition coefficient (Wildman–Crippen LogP) is 3.52. The summed E-state index contributed by atoms with van der Waals surface area (Å²) in [5.74, 6) is 0.904. The molecule has 3 aliphatic rings. The molecule has 9 heteroatoms. The van der Waals surface area contributed by atoms with Crippen molar-refractivity contribution in [3.05, 3.63) is 35.4 Å². The van der Waals surface area contributed by atoms with Gasteiger partial charge in [-0.05, 0) is 60.3 Å². The van der Waals surface area contributed by atoms with E-state index in [9.17, 15) is 26.4 Å². The Balaban J connectivity index is 1.39. The van der Waals surface area contributed by atoms with Gasteiger partial charge in [0.2, 0.25) is 10.0 Å². The zero-order chi connectivity index (χ0) is 21.7. The van der Waals surface area contributed by atoms with E-state index >= 15 is 0 Å². The monoisotopic (exact) mass is 444 g/mol. The average Bonchev–Trinajstić information content (AvgIpc) is 3.54. The Hall–Kier alpha value is -1.61. The molecule has 0 bridgehead atoms. The molecule has 1 saturated heterocycles. The number of alkyl halides is 3. The molecule has 2 saturated carbocycles. The number of sulfonamides is 1. The maximum Gasteiger partial charge on any atom is 0.416 e. The van der Waals surface area contributed by atoms with Gasteiger partial charge in [-0.3, -0.25) is 4.79 Å². The lowest BCUT2D eigenvalue weighted by Crippen LogP contribution is -2.39. The van der Waals surface area contributed by atoms with E-state index in [0.29, 0.717) is 32.0 Å². The zero-order valence-corrected chi connectivity index (χ0v) is 17.7.